The molecule has 0 atom stereocenters. The van der Waals surface area contributed by atoms with E-state index in [1.807, 2.05) is 20.8 Å². The number of sulfonamides is 1. The molecule has 1 amide bonds. The SMILES string of the molecule is CC(=O)N(CCCNS(=O)(=O)c1ccc(C)s1)C(C)C. The first kappa shape index (κ1) is 17.1. The molecule has 0 bridgehead atoms. The maximum atomic E-state index is 12.0. The van der Waals surface area contributed by atoms with E-state index in [-0.39, 0.29) is 11.9 Å². The van der Waals surface area contributed by atoms with Gasteiger partial charge in [-0.15, -0.1) is 11.3 Å². The fourth-order valence-corrected chi connectivity index (χ4v) is 4.26. The first-order chi connectivity index (χ1) is 9.24. The maximum Gasteiger partial charge on any atom is 0.250 e. The van der Waals surface area contributed by atoms with Gasteiger partial charge < -0.3 is 4.90 Å². The lowest BCUT2D eigenvalue weighted by Crippen LogP contribution is -2.37. The second-order valence-electron chi connectivity index (χ2n) is 4.92. The van der Waals surface area contributed by atoms with Crippen LogP contribution in [-0.2, 0) is 14.8 Å². The number of nitrogens with one attached hydrogen (secondary N) is 1. The number of hydrogen-bond acceptors (Lipinski definition) is 4. The van der Waals surface area contributed by atoms with Crippen molar-refractivity contribution in [3.8, 4) is 0 Å². The Hall–Kier alpha value is -0.920. The zero-order chi connectivity index (χ0) is 15.3. The van der Waals surface area contributed by atoms with Crippen molar-refractivity contribution in [3.05, 3.63) is 17.0 Å². The Kier molecular flexibility index (Phi) is 6.16. The largest absolute Gasteiger partial charge is 0.340 e. The van der Waals surface area contributed by atoms with Gasteiger partial charge in [0.2, 0.25) is 15.9 Å². The summed E-state index contributed by atoms with van der Waals surface area (Å²) in [5.74, 6) is 0.0109. The second-order valence-corrected chi connectivity index (χ2v) is 8.20. The molecule has 0 saturated carbocycles. The Morgan fingerprint density at radius 3 is 2.50 bits per heavy atom. The predicted octanol–water partition coefficient (Wildman–Crippen LogP) is 1.98. The first-order valence-corrected chi connectivity index (χ1v) is 8.87. The highest BCUT2D eigenvalue weighted by molar-refractivity contribution is 7.91. The van der Waals surface area contributed by atoms with Crippen LogP contribution in [0, 0.1) is 6.92 Å². The Labute approximate surface area is 125 Å². The number of carbonyl (C=O) groups excluding carboxylic acids is 1. The van der Waals surface area contributed by atoms with Crippen LogP contribution in [0.4, 0.5) is 0 Å². The molecule has 114 valence electrons. The number of thiophene rings is 1. The Balaban J connectivity index is 2.46. The molecule has 1 heterocycles. The molecule has 1 rings (SSSR count). The van der Waals surface area contributed by atoms with Crippen molar-refractivity contribution in [2.24, 2.45) is 0 Å². The summed E-state index contributed by atoms with van der Waals surface area (Å²) in [4.78, 5) is 14.1. The highest BCUT2D eigenvalue weighted by atomic mass is 32.2. The number of rotatable bonds is 7. The minimum atomic E-state index is -3.41. The molecule has 7 heteroatoms. The molecular weight excluding hydrogens is 296 g/mol. The smallest absolute Gasteiger partial charge is 0.250 e. The summed E-state index contributed by atoms with van der Waals surface area (Å²) in [5.41, 5.74) is 0. The van der Waals surface area contributed by atoms with Gasteiger partial charge in [-0.3, -0.25) is 4.79 Å². The van der Waals surface area contributed by atoms with E-state index < -0.39 is 10.0 Å². The second kappa shape index (κ2) is 7.19. The van der Waals surface area contributed by atoms with Crippen molar-refractivity contribution in [1.82, 2.24) is 9.62 Å². The monoisotopic (exact) mass is 318 g/mol. The van der Waals surface area contributed by atoms with Gasteiger partial charge in [0.15, 0.2) is 0 Å². The lowest BCUT2D eigenvalue weighted by atomic mass is 10.3. The van der Waals surface area contributed by atoms with Gasteiger partial charge in [-0.2, -0.15) is 0 Å². The molecule has 1 aromatic heterocycles. The Morgan fingerprint density at radius 1 is 1.40 bits per heavy atom. The molecule has 0 radical (unpaired) electrons. The minimum Gasteiger partial charge on any atom is -0.340 e. The summed E-state index contributed by atoms with van der Waals surface area (Å²) in [6, 6.07) is 3.53. The van der Waals surface area contributed by atoms with E-state index in [2.05, 4.69) is 4.72 Å². The van der Waals surface area contributed by atoms with Gasteiger partial charge in [-0.05, 0) is 39.3 Å². The molecule has 20 heavy (non-hydrogen) atoms. The molecule has 5 nitrogen and oxygen atoms in total. The van der Waals surface area contributed by atoms with E-state index in [0.717, 1.165) is 4.88 Å². The van der Waals surface area contributed by atoms with Crippen LogP contribution >= 0.6 is 11.3 Å². The summed E-state index contributed by atoms with van der Waals surface area (Å²) in [7, 11) is -3.41. The van der Waals surface area contributed by atoms with Gasteiger partial charge in [0.1, 0.15) is 4.21 Å². The van der Waals surface area contributed by atoms with Gasteiger partial charge in [0.05, 0.1) is 0 Å². The summed E-state index contributed by atoms with van der Waals surface area (Å²) in [6.45, 7) is 8.17. The van der Waals surface area contributed by atoms with Crippen LogP contribution in [0.3, 0.4) is 0 Å². The van der Waals surface area contributed by atoms with Crippen molar-refractivity contribution < 1.29 is 13.2 Å². The van der Waals surface area contributed by atoms with Crippen LogP contribution in [0.2, 0.25) is 0 Å². The van der Waals surface area contributed by atoms with Gasteiger partial charge in [0.25, 0.3) is 0 Å². The van der Waals surface area contributed by atoms with Crippen LogP contribution < -0.4 is 4.72 Å². The highest BCUT2D eigenvalue weighted by Gasteiger charge is 2.16. The number of hydrogen-bond donors (Lipinski definition) is 1. The molecule has 0 aliphatic rings. The quantitative estimate of drug-likeness (QED) is 0.782. The molecule has 0 aliphatic carbocycles. The number of nitrogens with zero attached hydrogens (tertiary/aromatic N) is 1. The molecule has 1 N–H and O–H groups in total. The van der Waals surface area contributed by atoms with Crippen molar-refractivity contribution in [2.75, 3.05) is 13.1 Å². The first-order valence-electron chi connectivity index (χ1n) is 6.57. The van der Waals surface area contributed by atoms with Crippen molar-refractivity contribution in [2.45, 2.75) is 44.4 Å². The van der Waals surface area contributed by atoms with E-state index in [1.54, 1.807) is 17.0 Å². The Bertz CT molecular complexity index is 550. The van der Waals surface area contributed by atoms with Crippen molar-refractivity contribution >= 4 is 27.3 Å². The van der Waals surface area contributed by atoms with Crippen LogP contribution in [0.5, 0.6) is 0 Å². The average Bonchev–Trinajstić information content (AvgIpc) is 2.75. The van der Waals surface area contributed by atoms with Crippen LogP contribution in [0.1, 0.15) is 32.1 Å². The summed E-state index contributed by atoms with van der Waals surface area (Å²) in [5, 5.41) is 0. The number of amides is 1. The Morgan fingerprint density at radius 2 is 2.05 bits per heavy atom. The summed E-state index contributed by atoms with van der Waals surface area (Å²) < 4.78 is 26.9. The molecular formula is C13H22N2O3S2. The summed E-state index contributed by atoms with van der Waals surface area (Å²) >= 11 is 1.25. The van der Waals surface area contributed by atoms with E-state index >= 15 is 0 Å². The van der Waals surface area contributed by atoms with Crippen LogP contribution in [0.15, 0.2) is 16.3 Å². The van der Waals surface area contributed by atoms with Gasteiger partial charge in [-0.1, -0.05) is 0 Å². The molecule has 1 aromatic rings. The standard InChI is InChI=1S/C13H22N2O3S2/c1-10(2)15(12(4)16)9-5-8-14-20(17,18)13-7-6-11(3)19-13/h6-7,10,14H,5,8-9H2,1-4H3. The highest BCUT2D eigenvalue weighted by Crippen LogP contribution is 2.20. The van der Waals surface area contributed by atoms with Gasteiger partial charge in [-0.25, -0.2) is 13.1 Å². The summed E-state index contributed by atoms with van der Waals surface area (Å²) in [6.07, 6.45) is 0.599. The third-order valence-corrected chi connectivity index (χ3v) is 5.83. The van der Waals surface area contributed by atoms with Gasteiger partial charge in [0, 0.05) is 30.9 Å². The maximum absolute atomic E-state index is 12.0. The number of aryl methyl sites for hydroxylation is 1. The third-order valence-electron chi connectivity index (χ3n) is 2.88. The van der Waals surface area contributed by atoms with E-state index in [1.165, 1.54) is 18.3 Å². The average molecular weight is 318 g/mol. The van der Waals surface area contributed by atoms with Crippen molar-refractivity contribution in [1.29, 1.82) is 0 Å². The molecule has 0 saturated heterocycles. The van der Waals surface area contributed by atoms with Crippen LogP contribution in [0.25, 0.3) is 0 Å². The van der Waals surface area contributed by atoms with Crippen LogP contribution in [-0.4, -0.2) is 38.4 Å². The van der Waals surface area contributed by atoms with Crippen molar-refractivity contribution in [3.63, 3.8) is 0 Å². The predicted molar refractivity (Wildman–Crippen MR) is 81.4 cm³/mol. The fourth-order valence-electron chi connectivity index (χ4n) is 1.86. The molecule has 0 aromatic carbocycles. The number of carbonyl (C=O) groups is 1. The topological polar surface area (TPSA) is 66.5 Å². The minimum absolute atomic E-state index is 0.0109. The normalized spacial score (nSPS) is 11.8. The van der Waals surface area contributed by atoms with E-state index in [4.69, 9.17) is 0 Å². The third kappa shape index (κ3) is 4.88. The van der Waals surface area contributed by atoms with E-state index in [0.29, 0.717) is 23.7 Å². The zero-order valence-electron chi connectivity index (χ0n) is 12.3. The molecule has 0 fully saturated rings. The lowest BCUT2D eigenvalue weighted by molar-refractivity contribution is -0.130. The lowest BCUT2D eigenvalue weighted by Gasteiger charge is -2.25. The van der Waals surface area contributed by atoms with E-state index in [9.17, 15) is 13.2 Å². The zero-order valence-corrected chi connectivity index (χ0v) is 14.0. The molecule has 0 unspecified atom stereocenters. The molecule has 0 spiro atoms. The van der Waals surface area contributed by atoms with Gasteiger partial charge >= 0.3 is 0 Å². The fraction of sp³-hybridized carbons (Fsp3) is 0.615. The molecule has 0 aliphatic heterocycles.